The summed E-state index contributed by atoms with van der Waals surface area (Å²) in [5.74, 6) is 1.51. The Bertz CT molecular complexity index is 656. The van der Waals surface area contributed by atoms with Crippen molar-refractivity contribution >= 4 is 16.7 Å². The zero-order chi connectivity index (χ0) is 15.4. The van der Waals surface area contributed by atoms with Crippen LogP contribution >= 0.6 is 0 Å². The van der Waals surface area contributed by atoms with Crippen LogP contribution < -0.4 is 5.32 Å². The number of aromatic nitrogens is 3. The smallest absolute Gasteiger partial charge is 0.178 e. The van der Waals surface area contributed by atoms with Gasteiger partial charge >= 0.3 is 0 Å². The van der Waals surface area contributed by atoms with E-state index in [1.807, 2.05) is 13.1 Å². The van der Waals surface area contributed by atoms with Crippen molar-refractivity contribution in [3.63, 3.8) is 0 Å². The van der Waals surface area contributed by atoms with E-state index in [4.69, 9.17) is 4.74 Å². The lowest BCUT2D eigenvalue weighted by atomic mass is 9.90. The van der Waals surface area contributed by atoms with Crippen LogP contribution in [0.4, 0.5) is 0 Å². The predicted molar refractivity (Wildman–Crippen MR) is 88.9 cm³/mol. The summed E-state index contributed by atoms with van der Waals surface area (Å²) in [6, 6.07) is 2.14. The molecule has 0 aromatic carbocycles. The van der Waals surface area contributed by atoms with Crippen molar-refractivity contribution in [2.24, 2.45) is 0 Å². The minimum absolute atomic E-state index is 0.591. The van der Waals surface area contributed by atoms with Gasteiger partial charge in [0.1, 0.15) is 5.82 Å². The van der Waals surface area contributed by atoms with Gasteiger partial charge in [0.25, 0.3) is 0 Å². The minimum Gasteiger partial charge on any atom is -0.384 e. The molecule has 0 saturated carbocycles. The Morgan fingerprint density at radius 1 is 1.41 bits per heavy atom. The van der Waals surface area contributed by atoms with Crippen LogP contribution in [0.1, 0.15) is 43.5 Å². The number of ether oxygens (including phenoxy) is 1. The first-order chi connectivity index (χ1) is 10.8. The normalized spacial score (nSPS) is 17.3. The van der Waals surface area contributed by atoms with Crippen molar-refractivity contribution < 1.29 is 4.74 Å². The molecular weight excluding hydrogens is 276 g/mol. The summed E-state index contributed by atoms with van der Waals surface area (Å²) in [6.07, 6.45) is 7.19. The summed E-state index contributed by atoms with van der Waals surface area (Å²) in [5, 5.41) is 3.42. The lowest BCUT2D eigenvalue weighted by Gasteiger charge is -2.23. The van der Waals surface area contributed by atoms with Crippen LogP contribution in [-0.2, 0) is 4.74 Å². The van der Waals surface area contributed by atoms with Crippen LogP contribution in [0.25, 0.3) is 16.7 Å². The quantitative estimate of drug-likeness (QED) is 0.891. The topological polar surface area (TPSA) is 62.8 Å². The van der Waals surface area contributed by atoms with E-state index in [0.29, 0.717) is 12.5 Å². The van der Waals surface area contributed by atoms with E-state index in [0.717, 1.165) is 36.5 Å². The van der Waals surface area contributed by atoms with Crippen molar-refractivity contribution in [2.45, 2.75) is 32.1 Å². The molecule has 2 aromatic heterocycles. The lowest BCUT2D eigenvalue weighted by molar-refractivity contribution is 0.206. The van der Waals surface area contributed by atoms with Crippen LogP contribution in [0.5, 0.6) is 0 Å². The number of rotatable bonds is 5. The van der Waals surface area contributed by atoms with Crippen molar-refractivity contribution in [3.8, 4) is 0 Å². The SMILES string of the molecule is C/C=C(\CCOC)c1nc2nccc(C3CCNCC3)c2[nH]1. The molecule has 3 heterocycles. The number of aromatic amines is 1. The van der Waals surface area contributed by atoms with Gasteiger partial charge in [-0.15, -0.1) is 0 Å². The van der Waals surface area contributed by atoms with Gasteiger partial charge in [0.05, 0.1) is 12.1 Å². The second kappa shape index (κ2) is 7.03. The second-order valence-corrected chi connectivity index (χ2v) is 5.77. The molecule has 2 N–H and O–H groups in total. The number of hydrogen-bond donors (Lipinski definition) is 2. The predicted octanol–water partition coefficient (Wildman–Crippen LogP) is 2.86. The highest BCUT2D eigenvalue weighted by atomic mass is 16.5. The van der Waals surface area contributed by atoms with E-state index in [9.17, 15) is 0 Å². The molecule has 22 heavy (non-hydrogen) atoms. The van der Waals surface area contributed by atoms with Crippen molar-refractivity contribution in [3.05, 3.63) is 29.7 Å². The summed E-state index contributed by atoms with van der Waals surface area (Å²) in [6.45, 7) is 4.91. The molecule has 1 saturated heterocycles. The second-order valence-electron chi connectivity index (χ2n) is 5.77. The summed E-state index contributed by atoms with van der Waals surface area (Å²) in [4.78, 5) is 12.6. The molecule has 0 unspecified atom stereocenters. The van der Waals surface area contributed by atoms with Gasteiger partial charge in [0.15, 0.2) is 5.65 Å². The van der Waals surface area contributed by atoms with E-state index in [2.05, 4.69) is 32.4 Å². The molecule has 0 radical (unpaired) electrons. The molecular formula is C17H24N4O. The first kappa shape index (κ1) is 15.2. The average molecular weight is 300 g/mol. The standard InChI is InChI=1S/C17H24N4O/c1-3-12(7-11-22-2)16-20-15-14(6-10-19-17(15)21-16)13-4-8-18-9-5-13/h3,6,10,13,18H,4-5,7-9,11H2,1-2H3,(H,19,20,21)/b12-3+. The molecule has 1 aliphatic heterocycles. The van der Waals surface area contributed by atoms with Gasteiger partial charge in [0, 0.05) is 13.3 Å². The Hall–Kier alpha value is -1.72. The Kier molecular flexibility index (Phi) is 4.85. The maximum Gasteiger partial charge on any atom is 0.178 e. The van der Waals surface area contributed by atoms with Crippen molar-refractivity contribution in [2.75, 3.05) is 26.8 Å². The number of hydrogen-bond acceptors (Lipinski definition) is 4. The molecule has 1 aliphatic rings. The van der Waals surface area contributed by atoms with Crippen LogP contribution in [0, 0.1) is 0 Å². The lowest BCUT2D eigenvalue weighted by Crippen LogP contribution is -2.26. The highest BCUT2D eigenvalue weighted by Crippen LogP contribution is 2.30. The van der Waals surface area contributed by atoms with Gasteiger partial charge in [-0.25, -0.2) is 9.97 Å². The van der Waals surface area contributed by atoms with E-state index >= 15 is 0 Å². The number of H-pyrrole nitrogens is 1. The fraction of sp³-hybridized carbons (Fsp3) is 0.529. The van der Waals surface area contributed by atoms with E-state index < -0.39 is 0 Å². The summed E-state index contributed by atoms with van der Waals surface area (Å²) < 4.78 is 5.18. The third-order valence-electron chi connectivity index (χ3n) is 4.43. The van der Waals surface area contributed by atoms with Gasteiger partial charge in [-0.1, -0.05) is 6.08 Å². The third-order valence-corrected chi connectivity index (χ3v) is 4.43. The molecule has 0 bridgehead atoms. The molecule has 5 heteroatoms. The minimum atomic E-state index is 0.591. The number of allylic oxidation sites excluding steroid dienone is 1. The fourth-order valence-corrected chi connectivity index (χ4v) is 3.17. The van der Waals surface area contributed by atoms with Gasteiger partial charge in [0.2, 0.25) is 0 Å². The molecule has 0 aliphatic carbocycles. The molecule has 0 atom stereocenters. The number of pyridine rings is 1. The molecule has 118 valence electrons. The molecule has 3 rings (SSSR count). The fourth-order valence-electron chi connectivity index (χ4n) is 3.17. The van der Waals surface area contributed by atoms with Crippen molar-refractivity contribution in [1.82, 2.24) is 20.3 Å². The number of piperidine rings is 1. The first-order valence-corrected chi connectivity index (χ1v) is 8.03. The van der Waals surface area contributed by atoms with Gasteiger partial charge in [-0.2, -0.15) is 0 Å². The molecule has 0 spiro atoms. The monoisotopic (exact) mass is 300 g/mol. The van der Waals surface area contributed by atoms with Gasteiger partial charge in [-0.05, 0) is 62.4 Å². The largest absolute Gasteiger partial charge is 0.384 e. The Balaban J connectivity index is 1.95. The van der Waals surface area contributed by atoms with Gasteiger partial charge in [-0.3, -0.25) is 0 Å². The summed E-state index contributed by atoms with van der Waals surface area (Å²) in [5.41, 5.74) is 4.45. The maximum atomic E-state index is 5.18. The molecule has 5 nitrogen and oxygen atoms in total. The number of fused-ring (bicyclic) bond motifs is 1. The Morgan fingerprint density at radius 2 is 2.23 bits per heavy atom. The third kappa shape index (κ3) is 3.05. The van der Waals surface area contributed by atoms with Crippen LogP contribution in [-0.4, -0.2) is 41.8 Å². The summed E-state index contributed by atoms with van der Waals surface area (Å²) >= 11 is 0. The van der Waals surface area contributed by atoms with E-state index in [-0.39, 0.29) is 0 Å². The Morgan fingerprint density at radius 3 is 2.95 bits per heavy atom. The highest BCUT2D eigenvalue weighted by molar-refractivity contribution is 5.79. The van der Waals surface area contributed by atoms with Gasteiger partial charge < -0.3 is 15.0 Å². The van der Waals surface area contributed by atoms with Crippen LogP contribution in [0.3, 0.4) is 0 Å². The number of methoxy groups -OCH3 is 1. The number of nitrogens with zero attached hydrogens (tertiary/aromatic N) is 2. The maximum absolute atomic E-state index is 5.18. The highest BCUT2D eigenvalue weighted by Gasteiger charge is 2.20. The molecule has 0 amide bonds. The number of nitrogens with one attached hydrogen (secondary N) is 2. The zero-order valence-electron chi connectivity index (χ0n) is 13.4. The zero-order valence-corrected chi connectivity index (χ0v) is 13.4. The van der Waals surface area contributed by atoms with E-state index in [1.165, 1.54) is 24.0 Å². The molecule has 1 fully saturated rings. The van der Waals surface area contributed by atoms with E-state index in [1.54, 1.807) is 7.11 Å². The molecule has 2 aromatic rings. The summed E-state index contributed by atoms with van der Waals surface area (Å²) in [7, 11) is 1.72. The first-order valence-electron chi connectivity index (χ1n) is 8.03. The van der Waals surface area contributed by atoms with Crippen molar-refractivity contribution in [1.29, 1.82) is 0 Å². The number of imidazole rings is 1. The van der Waals surface area contributed by atoms with Crippen LogP contribution in [0.15, 0.2) is 18.3 Å². The average Bonchev–Trinajstić information content (AvgIpc) is 3.00. The Labute approximate surface area is 131 Å². The van der Waals surface area contributed by atoms with Crippen LogP contribution in [0.2, 0.25) is 0 Å².